The van der Waals surface area contributed by atoms with Crippen molar-refractivity contribution in [2.24, 2.45) is 0 Å². The van der Waals surface area contributed by atoms with Gasteiger partial charge in [0.15, 0.2) is 0 Å². The van der Waals surface area contributed by atoms with Crippen LogP contribution < -0.4 is 0 Å². The number of hydrogen-bond acceptors (Lipinski definition) is 4. The number of halogens is 3. The van der Waals surface area contributed by atoms with Crippen LogP contribution in [0.25, 0.3) is 0 Å². The Morgan fingerprint density at radius 3 is 2.71 bits per heavy atom. The Labute approximate surface area is 140 Å². The van der Waals surface area contributed by atoms with Gasteiger partial charge in [-0.05, 0) is 17.7 Å². The molecule has 2 rings (SSSR count). The first kappa shape index (κ1) is 16.8. The summed E-state index contributed by atoms with van der Waals surface area (Å²) in [6.45, 7) is 0.327. The molecule has 1 aromatic carbocycles. The minimum atomic E-state index is -4.00. The van der Waals surface area contributed by atoms with Crippen molar-refractivity contribution in [1.82, 2.24) is 9.78 Å². The zero-order valence-corrected chi connectivity index (χ0v) is 14.8. The summed E-state index contributed by atoms with van der Waals surface area (Å²) in [6.07, 6.45) is 0. The van der Waals surface area contributed by atoms with Gasteiger partial charge in [0.1, 0.15) is 15.7 Å². The molecule has 2 aromatic rings. The molecule has 1 heterocycles. The fourth-order valence-electron chi connectivity index (χ4n) is 1.86. The maximum Gasteiger partial charge on any atom is 0.266 e. The van der Waals surface area contributed by atoms with E-state index in [1.165, 1.54) is 11.8 Å². The first-order valence-corrected chi connectivity index (χ1v) is 9.24. The first-order valence-electron chi connectivity index (χ1n) is 5.76. The Balaban J connectivity index is 2.46. The molecular formula is C12H11BrCl2N2O3S. The van der Waals surface area contributed by atoms with E-state index in [4.69, 9.17) is 27.0 Å². The molecule has 0 saturated heterocycles. The molecule has 0 aliphatic rings. The van der Waals surface area contributed by atoms with Crippen LogP contribution in [0.15, 0.2) is 33.6 Å². The maximum atomic E-state index is 11.6. The predicted molar refractivity (Wildman–Crippen MR) is 84.2 cm³/mol. The van der Waals surface area contributed by atoms with Crippen molar-refractivity contribution in [1.29, 1.82) is 0 Å². The molecule has 1 aromatic heterocycles. The van der Waals surface area contributed by atoms with Gasteiger partial charge in [-0.25, -0.2) is 13.1 Å². The fourth-order valence-corrected chi connectivity index (χ4v) is 4.11. The van der Waals surface area contributed by atoms with E-state index < -0.39 is 9.05 Å². The summed E-state index contributed by atoms with van der Waals surface area (Å²) in [6, 6.07) is 7.53. The van der Waals surface area contributed by atoms with Crippen molar-refractivity contribution in [2.45, 2.75) is 18.0 Å². The third-order valence-corrected chi connectivity index (χ3v) is 5.03. The van der Waals surface area contributed by atoms with E-state index in [0.717, 1.165) is 10.0 Å². The summed E-state index contributed by atoms with van der Waals surface area (Å²) in [5.41, 5.74) is 1.10. The van der Waals surface area contributed by atoms with E-state index >= 15 is 0 Å². The zero-order valence-electron chi connectivity index (χ0n) is 10.9. The summed E-state index contributed by atoms with van der Waals surface area (Å²) in [5.74, 6) is 0. The monoisotopic (exact) mass is 412 g/mol. The summed E-state index contributed by atoms with van der Waals surface area (Å²) < 4.78 is 30.5. The van der Waals surface area contributed by atoms with Crippen LogP contribution in [0.2, 0.25) is 5.15 Å². The van der Waals surface area contributed by atoms with E-state index in [0.29, 0.717) is 6.54 Å². The lowest BCUT2D eigenvalue weighted by Crippen LogP contribution is -2.02. The number of rotatable bonds is 5. The number of hydrogen-bond donors (Lipinski definition) is 0. The molecule has 0 aliphatic carbocycles. The molecule has 0 saturated carbocycles. The number of nitrogens with zero attached hydrogens (tertiary/aromatic N) is 2. The van der Waals surface area contributed by atoms with E-state index in [9.17, 15) is 8.42 Å². The average Bonchev–Trinajstić information content (AvgIpc) is 2.66. The highest BCUT2D eigenvalue weighted by molar-refractivity contribution is 9.10. The van der Waals surface area contributed by atoms with Gasteiger partial charge in [0, 0.05) is 22.3 Å². The van der Waals surface area contributed by atoms with Crippen LogP contribution in [0, 0.1) is 0 Å². The van der Waals surface area contributed by atoms with Crippen LogP contribution in [0.1, 0.15) is 11.3 Å². The van der Waals surface area contributed by atoms with Crippen molar-refractivity contribution >= 4 is 47.3 Å². The van der Waals surface area contributed by atoms with Crippen LogP contribution in [-0.2, 0) is 26.9 Å². The minimum Gasteiger partial charge on any atom is -0.378 e. The molecule has 9 heteroatoms. The van der Waals surface area contributed by atoms with Gasteiger partial charge in [-0.2, -0.15) is 5.10 Å². The SMILES string of the molecule is COCc1nn(Cc2cccc(Br)c2)c(Cl)c1S(=O)(=O)Cl. The zero-order chi connectivity index (χ0) is 15.6. The largest absolute Gasteiger partial charge is 0.378 e. The lowest BCUT2D eigenvalue weighted by Gasteiger charge is -2.04. The second-order valence-corrected chi connectivity index (χ2v) is 8.00. The molecule has 0 radical (unpaired) electrons. The average molecular weight is 414 g/mol. The smallest absolute Gasteiger partial charge is 0.266 e. The highest BCUT2D eigenvalue weighted by Crippen LogP contribution is 2.29. The van der Waals surface area contributed by atoms with Crippen molar-refractivity contribution in [3.63, 3.8) is 0 Å². The molecule has 21 heavy (non-hydrogen) atoms. The number of benzene rings is 1. The third-order valence-electron chi connectivity index (χ3n) is 2.66. The van der Waals surface area contributed by atoms with Crippen LogP contribution in [0.3, 0.4) is 0 Å². The van der Waals surface area contributed by atoms with Gasteiger partial charge in [0.05, 0.1) is 13.2 Å². The quantitative estimate of drug-likeness (QED) is 0.704. The maximum absolute atomic E-state index is 11.6. The summed E-state index contributed by atoms with van der Waals surface area (Å²) >= 11 is 9.48. The lowest BCUT2D eigenvalue weighted by molar-refractivity contribution is 0.178. The summed E-state index contributed by atoms with van der Waals surface area (Å²) in [7, 11) is 2.86. The molecule has 0 unspecified atom stereocenters. The number of methoxy groups -OCH3 is 1. The number of aromatic nitrogens is 2. The Bertz CT molecular complexity index is 762. The predicted octanol–water partition coefficient (Wildman–Crippen LogP) is 3.42. The van der Waals surface area contributed by atoms with Crippen molar-refractivity contribution in [3.8, 4) is 0 Å². The van der Waals surface area contributed by atoms with Crippen LogP contribution in [-0.4, -0.2) is 25.3 Å². The van der Waals surface area contributed by atoms with E-state index in [2.05, 4.69) is 21.0 Å². The molecular weight excluding hydrogens is 403 g/mol. The molecule has 5 nitrogen and oxygen atoms in total. The minimum absolute atomic E-state index is 0.00644. The highest BCUT2D eigenvalue weighted by Gasteiger charge is 2.26. The normalized spacial score (nSPS) is 11.8. The van der Waals surface area contributed by atoms with Crippen molar-refractivity contribution in [3.05, 3.63) is 45.1 Å². The Morgan fingerprint density at radius 2 is 2.14 bits per heavy atom. The lowest BCUT2D eigenvalue weighted by atomic mass is 10.2. The van der Waals surface area contributed by atoms with Crippen molar-refractivity contribution in [2.75, 3.05) is 7.11 Å². The van der Waals surface area contributed by atoms with E-state index in [1.807, 2.05) is 24.3 Å². The molecule has 0 bridgehead atoms. The van der Waals surface area contributed by atoms with Gasteiger partial charge in [-0.15, -0.1) is 0 Å². The Hall–Kier alpha value is -0.600. The second kappa shape index (κ2) is 6.66. The molecule has 0 spiro atoms. The number of ether oxygens (including phenoxy) is 1. The first-order chi connectivity index (χ1) is 9.82. The van der Waals surface area contributed by atoms with Gasteiger partial charge in [0.2, 0.25) is 0 Å². The van der Waals surface area contributed by atoms with Crippen LogP contribution in [0.4, 0.5) is 0 Å². The topological polar surface area (TPSA) is 61.2 Å². The molecule has 114 valence electrons. The molecule has 0 aliphatic heterocycles. The molecule has 0 atom stereocenters. The van der Waals surface area contributed by atoms with Gasteiger partial charge < -0.3 is 4.74 Å². The third kappa shape index (κ3) is 3.98. The Kier molecular flexibility index (Phi) is 5.32. The van der Waals surface area contributed by atoms with Gasteiger partial charge in [0.25, 0.3) is 9.05 Å². The summed E-state index contributed by atoms with van der Waals surface area (Å²) in [5, 5.41) is 4.14. The highest BCUT2D eigenvalue weighted by atomic mass is 79.9. The molecule has 0 fully saturated rings. The fraction of sp³-hybridized carbons (Fsp3) is 0.250. The second-order valence-electron chi connectivity index (χ2n) is 4.23. The van der Waals surface area contributed by atoms with Crippen molar-refractivity contribution < 1.29 is 13.2 Å². The Morgan fingerprint density at radius 1 is 1.43 bits per heavy atom. The van der Waals surface area contributed by atoms with Gasteiger partial charge in [-0.3, -0.25) is 0 Å². The van der Waals surface area contributed by atoms with Gasteiger partial charge >= 0.3 is 0 Å². The molecule has 0 N–H and O–H groups in total. The standard InChI is InChI=1S/C12H11BrCl2N2O3S/c1-20-7-10-11(21(15,18)19)12(14)17(16-10)6-8-3-2-4-9(13)5-8/h2-5H,6-7H2,1H3. The van der Waals surface area contributed by atoms with Crippen LogP contribution in [0.5, 0.6) is 0 Å². The van der Waals surface area contributed by atoms with Crippen LogP contribution >= 0.6 is 38.2 Å². The van der Waals surface area contributed by atoms with E-state index in [-0.39, 0.29) is 22.3 Å². The van der Waals surface area contributed by atoms with Gasteiger partial charge in [-0.1, -0.05) is 39.7 Å². The summed E-state index contributed by atoms with van der Waals surface area (Å²) in [4.78, 5) is -0.206. The van der Waals surface area contributed by atoms with E-state index in [1.54, 1.807) is 0 Å². The molecule has 0 amide bonds.